The average molecular weight is 219 g/mol. The van der Waals surface area contributed by atoms with Gasteiger partial charge in [-0.2, -0.15) is 0 Å². The first-order valence-electron chi connectivity index (χ1n) is 6.39. The van der Waals surface area contributed by atoms with Crippen LogP contribution < -0.4 is 5.73 Å². The first-order chi connectivity index (χ1) is 7.51. The molecule has 0 spiro atoms. The highest BCUT2D eigenvalue weighted by Crippen LogP contribution is 2.30. The maximum atomic E-state index is 6.58. The van der Waals surface area contributed by atoms with Crippen LogP contribution in [-0.2, 0) is 5.54 Å². The molecule has 0 aliphatic heterocycles. The molecule has 1 aromatic carbocycles. The normalized spacial score (nSPS) is 11.8. The van der Waals surface area contributed by atoms with Crippen molar-refractivity contribution in [3.63, 3.8) is 0 Å². The van der Waals surface area contributed by atoms with Gasteiger partial charge in [-0.05, 0) is 32.3 Å². The van der Waals surface area contributed by atoms with Crippen molar-refractivity contribution in [3.8, 4) is 0 Å². The zero-order valence-electron chi connectivity index (χ0n) is 11.1. The molecule has 1 nitrogen and oxygen atoms in total. The maximum Gasteiger partial charge on any atom is 0.0409 e. The van der Waals surface area contributed by atoms with Crippen LogP contribution in [0.3, 0.4) is 0 Å². The van der Waals surface area contributed by atoms with Crippen molar-refractivity contribution in [1.82, 2.24) is 0 Å². The van der Waals surface area contributed by atoms with Crippen LogP contribution in [0.4, 0.5) is 0 Å². The van der Waals surface area contributed by atoms with Gasteiger partial charge in [0.15, 0.2) is 0 Å². The minimum atomic E-state index is -0.125. The minimum absolute atomic E-state index is 0.125. The van der Waals surface area contributed by atoms with Gasteiger partial charge in [-0.25, -0.2) is 0 Å². The van der Waals surface area contributed by atoms with Crippen molar-refractivity contribution < 1.29 is 0 Å². The van der Waals surface area contributed by atoms with Crippen molar-refractivity contribution in [2.45, 2.75) is 58.9 Å². The Hall–Kier alpha value is -0.820. The second-order valence-corrected chi connectivity index (χ2v) is 5.03. The van der Waals surface area contributed by atoms with E-state index in [9.17, 15) is 0 Å². The van der Waals surface area contributed by atoms with E-state index in [1.165, 1.54) is 16.7 Å². The van der Waals surface area contributed by atoms with E-state index in [-0.39, 0.29) is 5.54 Å². The second-order valence-electron chi connectivity index (χ2n) is 5.03. The quantitative estimate of drug-likeness (QED) is 0.794. The minimum Gasteiger partial charge on any atom is -0.321 e. The molecular weight excluding hydrogens is 194 g/mol. The van der Waals surface area contributed by atoms with Crippen LogP contribution in [0.15, 0.2) is 18.2 Å². The zero-order chi connectivity index (χ0) is 12.2. The third-order valence-corrected chi connectivity index (χ3v) is 3.19. The van der Waals surface area contributed by atoms with Crippen molar-refractivity contribution in [3.05, 3.63) is 34.9 Å². The molecule has 0 heterocycles. The first kappa shape index (κ1) is 13.2. The Bertz CT molecular complexity index is 315. The van der Waals surface area contributed by atoms with E-state index in [0.717, 1.165) is 25.7 Å². The van der Waals surface area contributed by atoms with E-state index in [4.69, 9.17) is 5.73 Å². The van der Waals surface area contributed by atoms with Gasteiger partial charge in [0.05, 0.1) is 0 Å². The van der Waals surface area contributed by atoms with Gasteiger partial charge in [0, 0.05) is 5.54 Å². The summed E-state index contributed by atoms with van der Waals surface area (Å²) in [5, 5.41) is 0. The fourth-order valence-corrected chi connectivity index (χ4v) is 2.57. The molecule has 16 heavy (non-hydrogen) atoms. The summed E-state index contributed by atoms with van der Waals surface area (Å²) >= 11 is 0. The van der Waals surface area contributed by atoms with E-state index in [1.807, 2.05) is 0 Å². The fourth-order valence-electron chi connectivity index (χ4n) is 2.57. The highest BCUT2D eigenvalue weighted by atomic mass is 14.7. The topological polar surface area (TPSA) is 26.0 Å². The molecule has 0 atom stereocenters. The summed E-state index contributed by atoms with van der Waals surface area (Å²) in [7, 11) is 0. The van der Waals surface area contributed by atoms with Gasteiger partial charge >= 0.3 is 0 Å². The lowest BCUT2D eigenvalue weighted by Gasteiger charge is -2.30. The summed E-state index contributed by atoms with van der Waals surface area (Å²) in [6, 6.07) is 6.71. The number of aryl methyl sites for hydroxylation is 2. The molecular formula is C15H25N. The highest BCUT2D eigenvalue weighted by Gasteiger charge is 2.25. The molecule has 0 bridgehead atoms. The zero-order valence-corrected chi connectivity index (χ0v) is 11.1. The van der Waals surface area contributed by atoms with Gasteiger partial charge in [0.1, 0.15) is 0 Å². The third-order valence-electron chi connectivity index (χ3n) is 3.19. The summed E-state index contributed by atoms with van der Waals surface area (Å²) in [5.74, 6) is 0. The SMILES string of the molecule is CCCC(N)(CCC)c1cc(C)cc(C)c1. The van der Waals surface area contributed by atoms with Gasteiger partial charge in [-0.3, -0.25) is 0 Å². The predicted octanol–water partition coefficient (Wildman–Crippen LogP) is 4.06. The van der Waals surface area contributed by atoms with Crippen LogP contribution in [-0.4, -0.2) is 0 Å². The van der Waals surface area contributed by atoms with Crippen molar-refractivity contribution in [2.24, 2.45) is 5.73 Å². The molecule has 0 saturated heterocycles. The lowest BCUT2D eigenvalue weighted by atomic mass is 9.81. The molecule has 0 radical (unpaired) electrons. The number of hydrogen-bond acceptors (Lipinski definition) is 1. The number of benzene rings is 1. The van der Waals surface area contributed by atoms with Gasteiger partial charge in [-0.1, -0.05) is 56.0 Å². The molecule has 1 aromatic rings. The second kappa shape index (κ2) is 5.49. The summed E-state index contributed by atoms with van der Waals surface area (Å²) in [4.78, 5) is 0. The standard InChI is InChI=1S/C15H25N/c1-5-7-15(16,8-6-2)14-10-12(3)9-13(4)11-14/h9-11H,5-8,16H2,1-4H3. The number of hydrogen-bond donors (Lipinski definition) is 1. The summed E-state index contributed by atoms with van der Waals surface area (Å²) in [5.41, 5.74) is 10.4. The van der Waals surface area contributed by atoms with Crippen LogP contribution in [0.1, 0.15) is 56.2 Å². The van der Waals surface area contributed by atoms with E-state index in [1.54, 1.807) is 0 Å². The number of rotatable bonds is 5. The Kier molecular flexibility index (Phi) is 4.55. The molecule has 1 rings (SSSR count). The van der Waals surface area contributed by atoms with Crippen LogP contribution in [0.5, 0.6) is 0 Å². The van der Waals surface area contributed by atoms with Crippen LogP contribution in [0.2, 0.25) is 0 Å². The van der Waals surface area contributed by atoms with E-state index in [2.05, 4.69) is 45.9 Å². The highest BCUT2D eigenvalue weighted by molar-refractivity contribution is 5.33. The molecule has 1 heteroatoms. The van der Waals surface area contributed by atoms with Crippen molar-refractivity contribution in [1.29, 1.82) is 0 Å². The van der Waals surface area contributed by atoms with E-state index >= 15 is 0 Å². The Morgan fingerprint density at radius 2 is 1.38 bits per heavy atom. The molecule has 0 saturated carbocycles. The lowest BCUT2D eigenvalue weighted by Crippen LogP contribution is -2.36. The molecule has 0 aliphatic rings. The fraction of sp³-hybridized carbons (Fsp3) is 0.600. The van der Waals surface area contributed by atoms with E-state index < -0.39 is 0 Å². The number of nitrogens with two attached hydrogens (primary N) is 1. The predicted molar refractivity (Wildman–Crippen MR) is 71.6 cm³/mol. The van der Waals surface area contributed by atoms with Gasteiger partial charge in [0.25, 0.3) is 0 Å². The van der Waals surface area contributed by atoms with Gasteiger partial charge in [-0.15, -0.1) is 0 Å². The Labute approximate surface area is 100 Å². The van der Waals surface area contributed by atoms with Crippen LogP contribution in [0.25, 0.3) is 0 Å². The first-order valence-corrected chi connectivity index (χ1v) is 6.39. The summed E-state index contributed by atoms with van der Waals surface area (Å²) < 4.78 is 0. The van der Waals surface area contributed by atoms with E-state index in [0.29, 0.717) is 0 Å². The summed E-state index contributed by atoms with van der Waals surface area (Å²) in [6.07, 6.45) is 4.43. The molecule has 0 fully saturated rings. The monoisotopic (exact) mass is 219 g/mol. The summed E-state index contributed by atoms with van der Waals surface area (Å²) in [6.45, 7) is 8.71. The average Bonchev–Trinajstić information content (AvgIpc) is 2.16. The molecule has 90 valence electrons. The van der Waals surface area contributed by atoms with Crippen molar-refractivity contribution >= 4 is 0 Å². The smallest absolute Gasteiger partial charge is 0.0409 e. The van der Waals surface area contributed by atoms with Crippen LogP contribution >= 0.6 is 0 Å². The van der Waals surface area contributed by atoms with Gasteiger partial charge < -0.3 is 5.73 Å². The van der Waals surface area contributed by atoms with Crippen LogP contribution in [0, 0.1) is 13.8 Å². The Morgan fingerprint density at radius 3 is 1.75 bits per heavy atom. The van der Waals surface area contributed by atoms with Gasteiger partial charge in [0.2, 0.25) is 0 Å². The maximum absolute atomic E-state index is 6.58. The molecule has 0 unspecified atom stereocenters. The third kappa shape index (κ3) is 3.08. The molecule has 2 N–H and O–H groups in total. The Morgan fingerprint density at radius 1 is 0.938 bits per heavy atom. The largest absolute Gasteiger partial charge is 0.321 e. The molecule has 0 amide bonds. The van der Waals surface area contributed by atoms with Crippen molar-refractivity contribution in [2.75, 3.05) is 0 Å². The molecule has 0 aliphatic carbocycles. The lowest BCUT2D eigenvalue weighted by molar-refractivity contribution is 0.369. The molecule has 0 aromatic heterocycles. The Balaban J connectivity index is 3.09.